The summed E-state index contributed by atoms with van der Waals surface area (Å²) in [6.07, 6.45) is 1.37. The zero-order valence-corrected chi connectivity index (χ0v) is 11.3. The highest BCUT2D eigenvalue weighted by Gasteiger charge is 2.11. The lowest BCUT2D eigenvalue weighted by Crippen LogP contribution is -2.03. The molecular formula is C14H17N3O2. The molecule has 0 aliphatic carbocycles. The van der Waals surface area contributed by atoms with E-state index in [1.165, 1.54) is 6.33 Å². The van der Waals surface area contributed by atoms with Gasteiger partial charge in [0.05, 0.1) is 6.61 Å². The number of nitrogen functional groups attached to an aromatic ring is 1. The molecule has 0 aliphatic heterocycles. The van der Waals surface area contributed by atoms with E-state index in [9.17, 15) is 0 Å². The molecule has 100 valence electrons. The molecule has 0 spiro atoms. The van der Waals surface area contributed by atoms with Crippen molar-refractivity contribution >= 4 is 5.69 Å². The normalized spacial score (nSPS) is 10.3. The van der Waals surface area contributed by atoms with Gasteiger partial charge in [-0.1, -0.05) is 6.07 Å². The molecule has 5 heteroatoms. The molecule has 0 atom stereocenters. The molecule has 0 amide bonds. The first-order chi connectivity index (χ1) is 9.10. The molecule has 2 N–H and O–H groups in total. The van der Waals surface area contributed by atoms with Gasteiger partial charge in [-0.2, -0.15) is 9.97 Å². The maximum Gasteiger partial charge on any atom is 0.249 e. The van der Waals surface area contributed by atoms with Crippen LogP contribution in [0.2, 0.25) is 0 Å². The van der Waals surface area contributed by atoms with Crippen LogP contribution in [0.3, 0.4) is 0 Å². The van der Waals surface area contributed by atoms with E-state index in [0.29, 0.717) is 29.8 Å². The predicted molar refractivity (Wildman–Crippen MR) is 73.6 cm³/mol. The lowest BCUT2D eigenvalue weighted by molar-refractivity contribution is 0.325. The molecule has 0 unspecified atom stereocenters. The quantitative estimate of drug-likeness (QED) is 0.914. The van der Waals surface area contributed by atoms with Crippen molar-refractivity contribution in [3.63, 3.8) is 0 Å². The first kappa shape index (κ1) is 13.1. The lowest BCUT2D eigenvalue weighted by Gasteiger charge is -2.11. The number of anilines is 1. The summed E-state index contributed by atoms with van der Waals surface area (Å²) in [6.45, 7) is 6.37. The van der Waals surface area contributed by atoms with Crippen LogP contribution in [0.5, 0.6) is 17.5 Å². The molecule has 2 rings (SSSR count). The Balaban J connectivity index is 2.30. The highest BCUT2D eigenvalue weighted by molar-refractivity contribution is 5.57. The third-order valence-electron chi connectivity index (χ3n) is 2.50. The lowest BCUT2D eigenvalue weighted by atomic mass is 10.1. The summed E-state index contributed by atoms with van der Waals surface area (Å²) in [5.41, 5.74) is 8.46. The van der Waals surface area contributed by atoms with E-state index < -0.39 is 0 Å². The number of benzene rings is 1. The standard InChI is InChI=1S/C14H17N3O2/c1-4-18-13-12(15)14(17-8-16-13)19-11-6-9(2)5-10(3)7-11/h5-8H,4,15H2,1-3H3. The Morgan fingerprint density at radius 3 is 2.32 bits per heavy atom. The van der Waals surface area contributed by atoms with Crippen LogP contribution in [-0.4, -0.2) is 16.6 Å². The number of rotatable bonds is 4. The molecular weight excluding hydrogens is 242 g/mol. The van der Waals surface area contributed by atoms with Gasteiger partial charge in [-0.25, -0.2) is 0 Å². The van der Waals surface area contributed by atoms with E-state index in [1.807, 2.05) is 32.9 Å². The zero-order valence-electron chi connectivity index (χ0n) is 11.3. The van der Waals surface area contributed by atoms with Gasteiger partial charge in [0, 0.05) is 0 Å². The second-order valence-corrected chi connectivity index (χ2v) is 4.26. The van der Waals surface area contributed by atoms with Crippen LogP contribution >= 0.6 is 0 Å². The van der Waals surface area contributed by atoms with Crippen molar-refractivity contribution in [2.24, 2.45) is 0 Å². The van der Waals surface area contributed by atoms with Crippen LogP contribution in [0.4, 0.5) is 5.69 Å². The third-order valence-corrected chi connectivity index (χ3v) is 2.50. The summed E-state index contributed by atoms with van der Waals surface area (Å²) >= 11 is 0. The molecule has 0 radical (unpaired) electrons. The Hall–Kier alpha value is -2.30. The Morgan fingerprint density at radius 2 is 1.68 bits per heavy atom. The fraction of sp³-hybridized carbons (Fsp3) is 0.286. The molecule has 0 saturated carbocycles. The highest BCUT2D eigenvalue weighted by Crippen LogP contribution is 2.31. The molecule has 0 saturated heterocycles. The Morgan fingerprint density at radius 1 is 1.05 bits per heavy atom. The molecule has 1 aromatic carbocycles. The van der Waals surface area contributed by atoms with Crippen LogP contribution in [-0.2, 0) is 0 Å². The summed E-state index contributed by atoms with van der Waals surface area (Å²) in [6, 6.07) is 5.92. The zero-order chi connectivity index (χ0) is 13.8. The molecule has 0 aliphatic rings. The van der Waals surface area contributed by atoms with Crippen LogP contribution in [0, 0.1) is 13.8 Å². The SMILES string of the molecule is CCOc1ncnc(Oc2cc(C)cc(C)c2)c1N. The van der Waals surface area contributed by atoms with E-state index in [2.05, 4.69) is 16.0 Å². The highest BCUT2D eigenvalue weighted by atomic mass is 16.5. The van der Waals surface area contributed by atoms with Gasteiger partial charge in [0.2, 0.25) is 11.8 Å². The van der Waals surface area contributed by atoms with Gasteiger partial charge in [-0.15, -0.1) is 0 Å². The minimum Gasteiger partial charge on any atom is -0.476 e. The van der Waals surface area contributed by atoms with Gasteiger partial charge in [0.1, 0.15) is 12.1 Å². The first-order valence-corrected chi connectivity index (χ1v) is 6.09. The number of nitrogens with zero attached hydrogens (tertiary/aromatic N) is 2. The van der Waals surface area contributed by atoms with E-state index in [0.717, 1.165) is 11.1 Å². The second-order valence-electron chi connectivity index (χ2n) is 4.26. The van der Waals surface area contributed by atoms with Gasteiger partial charge < -0.3 is 15.2 Å². The van der Waals surface area contributed by atoms with Crippen molar-refractivity contribution in [2.75, 3.05) is 12.3 Å². The van der Waals surface area contributed by atoms with Crippen LogP contribution in [0.25, 0.3) is 0 Å². The average molecular weight is 259 g/mol. The topological polar surface area (TPSA) is 70.3 Å². The first-order valence-electron chi connectivity index (χ1n) is 6.09. The van der Waals surface area contributed by atoms with E-state index in [1.54, 1.807) is 0 Å². The van der Waals surface area contributed by atoms with Crippen molar-refractivity contribution in [2.45, 2.75) is 20.8 Å². The van der Waals surface area contributed by atoms with Crippen LogP contribution < -0.4 is 15.2 Å². The summed E-state index contributed by atoms with van der Waals surface area (Å²) < 4.78 is 11.0. The molecule has 0 bridgehead atoms. The van der Waals surface area contributed by atoms with Crippen LogP contribution in [0.1, 0.15) is 18.1 Å². The minimum absolute atomic E-state index is 0.309. The van der Waals surface area contributed by atoms with E-state index in [-0.39, 0.29) is 0 Å². The van der Waals surface area contributed by atoms with Gasteiger partial charge >= 0.3 is 0 Å². The molecule has 1 aromatic heterocycles. The summed E-state index contributed by atoms with van der Waals surface area (Å²) in [5.74, 6) is 1.35. The smallest absolute Gasteiger partial charge is 0.249 e. The Bertz CT molecular complexity index is 565. The van der Waals surface area contributed by atoms with Crippen molar-refractivity contribution in [3.05, 3.63) is 35.7 Å². The van der Waals surface area contributed by atoms with Crippen molar-refractivity contribution < 1.29 is 9.47 Å². The number of ether oxygens (including phenoxy) is 2. The van der Waals surface area contributed by atoms with Gasteiger partial charge in [0.25, 0.3) is 0 Å². The molecule has 5 nitrogen and oxygen atoms in total. The Kier molecular flexibility index (Phi) is 3.85. The van der Waals surface area contributed by atoms with E-state index >= 15 is 0 Å². The molecule has 2 aromatic rings. The number of nitrogens with two attached hydrogens (primary N) is 1. The second kappa shape index (κ2) is 5.56. The summed E-state index contributed by atoms with van der Waals surface area (Å²) in [4.78, 5) is 8.00. The van der Waals surface area contributed by atoms with Crippen molar-refractivity contribution in [3.8, 4) is 17.5 Å². The number of aryl methyl sites for hydroxylation is 2. The largest absolute Gasteiger partial charge is 0.476 e. The van der Waals surface area contributed by atoms with Crippen LogP contribution in [0.15, 0.2) is 24.5 Å². The Labute approximate surface area is 112 Å². The fourth-order valence-electron chi connectivity index (χ4n) is 1.80. The number of aromatic nitrogens is 2. The van der Waals surface area contributed by atoms with Gasteiger partial charge in [-0.05, 0) is 44.0 Å². The maximum absolute atomic E-state index is 5.92. The van der Waals surface area contributed by atoms with E-state index in [4.69, 9.17) is 15.2 Å². The molecule has 1 heterocycles. The molecule has 0 fully saturated rings. The van der Waals surface area contributed by atoms with Gasteiger partial charge in [-0.3, -0.25) is 0 Å². The summed E-state index contributed by atoms with van der Waals surface area (Å²) in [5, 5.41) is 0. The third kappa shape index (κ3) is 3.13. The maximum atomic E-state index is 5.92. The monoisotopic (exact) mass is 259 g/mol. The van der Waals surface area contributed by atoms with Gasteiger partial charge in [0.15, 0.2) is 5.69 Å². The van der Waals surface area contributed by atoms with Crippen molar-refractivity contribution in [1.82, 2.24) is 9.97 Å². The summed E-state index contributed by atoms with van der Waals surface area (Å²) in [7, 11) is 0. The minimum atomic E-state index is 0.309. The average Bonchev–Trinajstić information content (AvgIpc) is 2.33. The number of hydrogen-bond donors (Lipinski definition) is 1. The predicted octanol–water partition coefficient (Wildman–Crippen LogP) is 2.87. The number of hydrogen-bond acceptors (Lipinski definition) is 5. The molecule has 19 heavy (non-hydrogen) atoms. The van der Waals surface area contributed by atoms with Crippen molar-refractivity contribution in [1.29, 1.82) is 0 Å². The fourth-order valence-corrected chi connectivity index (χ4v) is 1.80.